The maximum atomic E-state index is 13.4. The van der Waals surface area contributed by atoms with Gasteiger partial charge < -0.3 is 4.98 Å². The minimum atomic E-state index is -1.22. The minimum absolute atomic E-state index is 0.778. The van der Waals surface area contributed by atoms with E-state index in [9.17, 15) is 4.39 Å². The lowest BCUT2D eigenvalue weighted by molar-refractivity contribution is 0.220. The predicted octanol–water partition coefficient (Wildman–Crippen LogP) is 2.78. The minimum Gasteiger partial charge on any atom is -0.365 e. The average molecular weight is 155 g/mol. The maximum Gasteiger partial charge on any atom is 0.132 e. The molecule has 0 bridgehead atoms. The fraction of sp³-hybridized carbons (Fsp3) is 0.556. The number of aromatic nitrogens is 1. The van der Waals surface area contributed by atoms with Crippen LogP contribution in [-0.4, -0.2) is 4.98 Å². The number of hydrogen-bond acceptors (Lipinski definition) is 0. The van der Waals surface area contributed by atoms with Gasteiger partial charge in [0.25, 0.3) is 0 Å². The number of aryl methyl sites for hydroxylation is 1. The zero-order valence-electron chi connectivity index (χ0n) is 7.24. The molecule has 0 aliphatic carbocycles. The molecule has 1 heterocycles. The fourth-order valence-electron chi connectivity index (χ4n) is 1.25. The third-order valence-electron chi connectivity index (χ3n) is 1.83. The van der Waals surface area contributed by atoms with E-state index in [0.717, 1.165) is 17.7 Å². The van der Waals surface area contributed by atoms with Crippen molar-refractivity contribution in [3.05, 3.63) is 23.5 Å². The van der Waals surface area contributed by atoms with Crippen LogP contribution < -0.4 is 0 Å². The van der Waals surface area contributed by atoms with Crippen molar-refractivity contribution in [2.24, 2.45) is 0 Å². The monoisotopic (exact) mass is 155 g/mol. The van der Waals surface area contributed by atoms with Crippen LogP contribution in [0.4, 0.5) is 4.39 Å². The summed E-state index contributed by atoms with van der Waals surface area (Å²) in [6, 6.07) is 1.80. The Morgan fingerprint density at radius 2 is 2.18 bits per heavy atom. The Morgan fingerprint density at radius 3 is 2.55 bits per heavy atom. The van der Waals surface area contributed by atoms with Crippen LogP contribution in [0.25, 0.3) is 0 Å². The summed E-state index contributed by atoms with van der Waals surface area (Å²) in [6.07, 6.45) is 2.64. The molecular weight excluding hydrogens is 141 g/mol. The Morgan fingerprint density at radius 1 is 1.55 bits per heavy atom. The van der Waals surface area contributed by atoms with Crippen LogP contribution in [-0.2, 0) is 12.1 Å². The van der Waals surface area contributed by atoms with Crippen LogP contribution >= 0.6 is 0 Å². The van der Waals surface area contributed by atoms with E-state index in [1.54, 1.807) is 26.1 Å². The van der Waals surface area contributed by atoms with Crippen molar-refractivity contribution in [2.45, 2.75) is 32.9 Å². The van der Waals surface area contributed by atoms with E-state index in [-0.39, 0.29) is 0 Å². The highest BCUT2D eigenvalue weighted by molar-refractivity contribution is 5.26. The van der Waals surface area contributed by atoms with Crippen LogP contribution in [0.1, 0.15) is 32.0 Å². The highest BCUT2D eigenvalue weighted by Crippen LogP contribution is 2.27. The van der Waals surface area contributed by atoms with Gasteiger partial charge in [-0.2, -0.15) is 0 Å². The fourth-order valence-corrected chi connectivity index (χ4v) is 1.25. The molecule has 1 aromatic heterocycles. The zero-order valence-corrected chi connectivity index (χ0v) is 7.24. The Balaban J connectivity index is 3.02. The van der Waals surface area contributed by atoms with Crippen molar-refractivity contribution < 1.29 is 4.39 Å². The van der Waals surface area contributed by atoms with Gasteiger partial charge in [0.15, 0.2) is 0 Å². The van der Waals surface area contributed by atoms with E-state index in [1.807, 2.05) is 6.92 Å². The van der Waals surface area contributed by atoms with Gasteiger partial charge in [-0.25, -0.2) is 4.39 Å². The molecule has 1 nitrogen and oxygen atoms in total. The van der Waals surface area contributed by atoms with Crippen LogP contribution in [0.3, 0.4) is 0 Å². The summed E-state index contributed by atoms with van der Waals surface area (Å²) >= 11 is 0. The molecule has 0 saturated carbocycles. The molecule has 0 amide bonds. The van der Waals surface area contributed by atoms with Gasteiger partial charge in [-0.3, -0.25) is 0 Å². The van der Waals surface area contributed by atoms with Crippen molar-refractivity contribution in [1.82, 2.24) is 4.98 Å². The normalized spacial score (nSPS) is 12.0. The van der Waals surface area contributed by atoms with Gasteiger partial charge in [-0.05, 0) is 26.3 Å². The molecule has 0 saturated heterocycles. The van der Waals surface area contributed by atoms with Gasteiger partial charge in [0.05, 0.1) is 0 Å². The second-order valence-electron chi connectivity index (χ2n) is 3.20. The SMILES string of the molecule is CCc1[nH]ccc1C(C)(C)F. The third kappa shape index (κ3) is 1.62. The van der Waals surface area contributed by atoms with Gasteiger partial charge in [0.1, 0.15) is 5.67 Å². The van der Waals surface area contributed by atoms with Crippen molar-refractivity contribution >= 4 is 0 Å². The molecular formula is C9H14FN. The van der Waals surface area contributed by atoms with Gasteiger partial charge in [0, 0.05) is 17.5 Å². The molecule has 0 fully saturated rings. The van der Waals surface area contributed by atoms with E-state index >= 15 is 0 Å². The summed E-state index contributed by atoms with van der Waals surface area (Å²) in [5.74, 6) is 0. The van der Waals surface area contributed by atoms with Gasteiger partial charge in [-0.1, -0.05) is 6.92 Å². The Kier molecular flexibility index (Phi) is 2.03. The number of nitrogens with one attached hydrogen (secondary N) is 1. The maximum absolute atomic E-state index is 13.4. The lowest BCUT2D eigenvalue weighted by atomic mass is 10.00. The molecule has 0 aliphatic heterocycles. The lowest BCUT2D eigenvalue weighted by Gasteiger charge is -2.14. The molecule has 0 aliphatic rings. The van der Waals surface area contributed by atoms with Gasteiger partial charge >= 0.3 is 0 Å². The number of hydrogen-bond donors (Lipinski definition) is 1. The van der Waals surface area contributed by atoms with Crippen LogP contribution in [0.15, 0.2) is 12.3 Å². The van der Waals surface area contributed by atoms with Crippen molar-refractivity contribution in [3.63, 3.8) is 0 Å². The summed E-state index contributed by atoms with van der Waals surface area (Å²) < 4.78 is 13.4. The molecule has 62 valence electrons. The highest BCUT2D eigenvalue weighted by atomic mass is 19.1. The highest BCUT2D eigenvalue weighted by Gasteiger charge is 2.21. The molecule has 0 aromatic carbocycles. The van der Waals surface area contributed by atoms with Crippen LogP contribution in [0.2, 0.25) is 0 Å². The first-order chi connectivity index (χ1) is 5.05. The molecule has 1 aromatic rings. The molecule has 11 heavy (non-hydrogen) atoms. The zero-order chi connectivity index (χ0) is 8.48. The molecule has 0 atom stereocenters. The summed E-state index contributed by atoms with van der Waals surface area (Å²) in [7, 11) is 0. The molecule has 0 radical (unpaired) electrons. The van der Waals surface area contributed by atoms with Gasteiger partial charge in [-0.15, -0.1) is 0 Å². The number of alkyl halides is 1. The number of halogens is 1. The third-order valence-corrected chi connectivity index (χ3v) is 1.83. The van der Waals surface area contributed by atoms with Crippen LogP contribution in [0.5, 0.6) is 0 Å². The lowest BCUT2D eigenvalue weighted by Crippen LogP contribution is -2.10. The molecule has 0 unspecified atom stereocenters. The summed E-state index contributed by atoms with van der Waals surface area (Å²) in [5, 5.41) is 0. The largest absolute Gasteiger partial charge is 0.365 e. The van der Waals surface area contributed by atoms with E-state index in [0.29, 0.717) is 0 Å². The number of aromatic amines is 1. The van der Waals surface area contributed by atoms with Gasteiger partial charge in [0.2, 0.25) is 0 Å². The quantitative estimate of drug-likeness (QED) is 0.676. The van der Waals surface area contributed by atoms with Crippen molar-refractivity contribution in [1.29, 1.82) is 0 Å². The Bertz CT molecular complexity index is 232. The average Bonchev–Trinajstić information content (AvgIpc) is 2.31. The topological polar surface area (TPSA) is 15.8 Å². The molecule has 1 N–H and O–H groups in total. The van der Waals surface area contributed by atoms with E-state index in [4.69, 9.17) is 0 Å². The summed E-state index contributed by atoms with van der Waals surface area (Å²) in [6.45, 7) is 5.17. The second-order valence-corrected chi connectivity index (χ2v) is 3.20. The Hall–Kier alpha value is -0.790. The van der Waals surface area contributed by atoms with E-state index in [2.05, 4.69) is 4.98 Å². The summed E-state index contributed by atoms with van der Waals surface area (Å²) in [4.78, 5) is 3.02. The number of rotatable bonds is 2. The molecule has 0 spiro atoms. The first kappa shape index (κ1) is 8.31. The predicted molar refractivity (Wildman–Crippen MR) is 44.3 cm³/mol. The first-order valence-electron chi connectivity index (χ1n) is 3.91. The van der Waals surface area contributed by atoms with E-state index < -0.39 is 5.67 Å². The standard InChI is InChI=1S/C9H14FN/c1-4-8-7(5-6-11-8)9(2,3)10/h5-6,11H,4H2,1-3H3. The van der Waals surface area contributed by atoms with E-state index in [1.165, 1.54) is 0 Å². The van der Waals surface area contributed by atoms with Crippen molar-refractivity contribution in [2.75, 3.05) is 0 Å². The smallest absolute Gasteiger partial charge is 0.132 e. The number of H-pyrrole nitrogens is 1. The first-order valence-corrected chi connectivity index (χ1v) is 3.91. The van der Waals surface area contributed by atoms with Crippen LogP contribution in [0, 0.1) is 0 Å². The Labute approximate surface area is 66.6 Å². The molecule has 1 rings (SSSR count). The summed E-state index contributed by atoms with van der Waals surface area (Å²) in [5.41, 5.74) is 0.559. The molecule has 2 heteroatoms. The second kappa shape index (κ2) is 2.68. The van der Waals surface area contributed by atoms with Crippen molar-refractivity contribution in [3.8, 4) is 0 Å².